The number of carboxylic acid groups (broad SMARTS) is 1. The summed E-state index contributed by atoms with van der Waals surface area (Å²) in [7, 11) is 0. The molecular formula is C2H6N2O3S. The molecule has 48 valence electrons. The lowest BCUT2D eigenvalue weighted by Gasteiger charge is -1.86. The number of carbonyl (C=O) groups excluding carboxylic acids is 1. The summed E-state index contributed by atoms with van der Waals surface area (Å²) in [5, 5.41) is 9.03. The standard InChI is InChI=1S/C2H4N2O3.H2S/c3-1(5)4-2(6)7;/h(H,6,7)(H3,3,4,5);1H2. The molecule has 0 aromatic rings. The predicted molar refractivity (Wildman–Crippen MR) is 31.1 cm³/mol. The molecule has 3 amide bonds. The van der Waals surface area contributed by atoms with Crippen LogP contribution >= 0.6 is 13.5 Å². The van der Waals surface area contributed by atoms with Gasteiger partial charge in [-0.2, -0.15) is 13.5 Å². The summed E-state index contributed by atoms with van der Waals surface area (Å²) >= 11 is 0. The van der Waals surface area contributed by atoms with E-state index in [-0.39, 0.29) is 13.5 Å². The zero-order valence-corrected chi connectivity index (χ0v) is 4.84. The molecule has 0 aliphatic heterocycles. The van der Waals surface area contributed by atoms with E-state index in [1.165, 1.54) is 5.32 Å². The zero-order chi connectivity index (χ0) is 5.86. The molecule has 0 aliphatic carbocycles. The first-order valence-corrected chi connectivity index (χ1v) is 1.42. The summed E-state index contributed by atoms with van der Waals surface area (Å²) in [6.07, 6.45) is -1.44. The van der Waals surface area contributed by atoms with Gasteiger partial charge in [0.25, 0.3) is 0 Å². The molecule has 0 spiro atoms. The number of rotatable bonds is 0. The summed E-state index contributed by atoms with van der Waals surface area (Å²) in [6.45, 7) is 0. The molecular weight excluding hydrogens is 132 g/mol. The van der Waals surface area contributed by atoms with Crippen molar-refractivity contribution in [2.75, 3.05) is 0 Å². The molecule has 0 bridgehead atoms. The number of hydrogen-bond acceptors (Lipinski definition) is 2. The van der Waals surface area contributed by atoms with E-state index in [1.807, 2.05) is 0 Å². The highest BCUT2D eigenvalue weighted by molar-refractivity contribution is 7.59. The molecule has 0 rings (SSSR count). The minimum atomic E-state index is -1.44. The van der Waals surface area contributed by atoms with Gasteiger partial charge in [-0.1, -0.05) is 0 Å². The maximum atomic E-state index is 9.54. The van der Waals surface area contributed by atoms with Gasteiger partial charge >= 0.3 is 12.1 Å². The van der Waals surface area contributed by atoms with Gasteiger partial charge in [0.05, 0.1) is 0 Å². The zero-order valence-electron chi connectivity index (χ0n) is 3.84. The van der Waals surface area contributed by atoms with Crippen LogP contribution in [-0.2, 0) is 0 Å². The van der Waals surface area contributed by atoms with Gasteiger partial charge in [-0.05, 0) is 0 Å². The fourth-order valence-corrected chi connectivity index (χ4v) is 0.105. The monoisotopic (exact) mass is 138 g/mol. The van der Waals surface area contributed by atoms with E-state index >= 15 is 0 Å². The molecule has 5 nitrogen and oxygen atoms in total. The van der Waals surface area contributed by atoms with Crippen molar-refractivity contribution in [3.05, 3.63) is 0 Å². The third-order valence-corrected chi connectivity index (χ3v) is 0.230. The quantitative estimate of drug-likeness (QED) is 0.419. The molecule has 0 atom stereocenters. The summed E-state index contributed by atoms with van der Waals surface area (Å²) in [5.41, 5.74) is 4.36. The van der Waals surface area contributed by atoms with Crippen molar-refractivity contribution >= 4 is 25.6 Å². The van der Waals surface area contributed by atoms with Gasteiger partial charge in [-0.3, -0.25) is 0 Å². The van der Waals surface area contributed by atoms with Crippen LogP contribution in [0.4, 0.5) is 9.59 Å². The number of carbonyl (C=O) groups is 2. The van der Waals surface area contributed by atoms with Gasteiger partial charge < -0.3 is 10.8 Å². The van der Waals surface area contributed by atoms with Crippen LogP contribution in [0.5, 0.6) is 0 Å². The van der Waals surface area contributed by atoms with Crippen LogP contribution in [0.25, 0.3) is 0 Å². The van der Waals surface area contributed by atoms with Gasteiger partial charge in [-0.25, -0.2) is 14.9 Å². The number of amides is 3. The molecule has 0 radical (unpaired) electrons. The lowest BCUT2D eigenvalue weighted by molar-refractivity contribution is 0.193. The fraction of sp³-hybridized carbons (Fsp3) is 0. The molecule has 0 fully saturated rings. The Balaban J connectivity index is 0. The number of hydrogen-bond donors (Lipinski definition) is 3. The first kappa shape index (κ1) is 10.1. The summed E-state index contributed by atoms with van der Waals surface area (Å²) in [5.74, 6) is 0. The second kappa shape index (κ2) is 4.25. The van der Waals surface area contributed by atoms with Crippen molar-refractivity contribution in [3.8, 4) is 0 Å². The van der Waals surface area contributed by atoms with E-state index in [2.05, 4.69) is 5.73 Å². The Bertz CT molecular complexity index is 91.5. The van der Waals surface area contributed by atoms with Gasteiger partial charge in [0, 0.05) is 0 Å². The molecule has 0 unspecified atom stereocenters. The van der Waals surface area contributed by atoms with Crippen LogP contribution in [0.15, 0.2) is 0 Å². The normalized spacial score (nSPS) is 6.50. The van der Waals surface area contributed by atoms with Gasteiger partial charge in [-0.15, -0.1) is 0 Å². The Hall–Kier alpha value is -0.910. The third-order valence-electron chi connectivity index (χ3n) is 0.230. The molecule has 0 heterocycles. The largest absolute Gasteiger partial charge is 0.465 e. The lowest BCUT2D eigenvalue weighted by Crippen LogP contribution is -2.33. The van der Waals surface area contributed by atoms with E-state index in [9.17, 15) is 9.59 Å². The number of primary amides is 1. The second-order valence-corrected chi connectivity index (χ2v) is 0.794. The average molecular weight is 138 g/mol. The molecule has 0 saturated carbocycles. The van der Waals surface area contributed by atoms with Crippen molar-refractivity contribution in [1.29, 1.82) is 0 Å². The van der Waals surface area contributed by atoms with Crippen LogP contribution in [0.2, 0.25) is 0 Å². The van der Waals surface area contributed by atoms with E-state index < -0.39 is 12.1 Å². The maximum Gasteiger partial charge on any atom is 0.412 e. The van der Waals surface area contributed by atoms with Crippen LogP contribution < -0.4 is 11.1 Å². The van der Waals surface area contributed by atoms with Crippen LogP contribution in [0, 0.1) is 0 Å². The Morgan fingerprint density at radius 3 is 1.88 bits per heavy atom. The smallest absolute Gasteiger partial charge is 0.412 e. The number of nitrogens with one attached hydrogen (secondary N) is 1. The van der Waals surface area contributed by atoms with Crippen molar-refractivity contribution in [2.24, 2.45) is 5.73 Å². The Morgan fingerprint density at radius 2 is 1.88 bits per heavy atom. The Morgan fingerprint density at radius 1 is 1.50 bits per heavy atom. The van der Waals surface area contributed by atoms with Gasteiger partial charge in [0.2, 0.25) is 0 Å². The minimum Gasteiger partial charge on any atom is -0.465 e. The predicted octanol–water partition coefficient (Wildman–Crippen LogP) is -0.554. The van der Waals surface area contributed by atoms with Crippen molar-refractivity contribution in [1.82, 2.24) is 5.32 Å². The second-order valence-electron chi connectivity index (χ2n) is 0.794. The van der Waals surface area contributed by atoms with Gasteiger partial charge in [0.15, 0.2) is 0 Å². The van der Waals surface area contributed by atoms with Crippen LogP contribution in [0.3, 0.4) is 0 Å². The first-order chi connectivity index (χ1) is 3.13. The third kappa shape index (κ3) is 8.92. The molecule has 4 N–H and O–H groups in total. The minimum absolute atomic E-state index is 0. The van der Waals surface area contributed by atoms with E-state index in [0.29, 0.717) is 0 Å². The van der Waals surface area contributed by atoms with Crippen molar-refractivity contribution in [2.45, 2.75) is 0 Å². The number of nitrogens with two attached hydrogens (primary N) is 1. The fourth-order valence-electron chi connectivity index (χ4n) is 0.105. The summed E-state index contributed by atoms with van der Waals surface area (Å²) in [6, 6.07) is -1.06. The first-order valence-electron chi connectivity index (χ1n) is 1.42. The molecule has 0 aliphatic rings. The van der Waals surface area contributed by atoms with Crippen LogP contribution in [0.1, 0.15) is 0 Å². The average Bonchev–Trinajstić information content (AvgIpc) is 1.27. The lowest BCUT2D eigenvalue weighted by atomic mass is 11.0. The highest BCUT2D eigenvalue weighted by atomic mass is 32.1. The topological polar surface area (TPSA) is 92.4 Å². The van der Waals surface area contributed by atoms with Crippen molar-refractivity contribution < 1.29 is 14.7 Å². The number of urea groups is 1. The van der Waals surface area contributed by atoms with E-state index in [4.69, 9.17) is 5.11 Å². The van der Waals surface area contributed by atoms with E-state index in [1.54, 1.807) is 0 Å². The summed E-state index contributed by atoms with van der Waals surface area (Å²) in [4.78, 5) is 18.9. The SMILES string of the molecule is NC(=O)NC(=O)O.S. The highest BCUT2D eigenvalue weighted by Crippen LogP contribution is 1.55. The van der Waals surface area contributed by atoms with Gasteiger partial charge in [0.1, 0.15) is 0 Å². The molecule has 8 heavy (non-hydrogen) atoms. The number of imide groups is 1. The van der Waals surface area contributed by atoms with Crippen LogP contribution in [-0.4, -0.2) is 17.2 Å². The Labute approximate surface area is 52.3 Å². The van der Waals surface area contributed by atoms with E-state index in [0.717, 1.165) is 0 Å². The molecule has 0 aromatic carbocycles. The maximum absolute atomic E-state index is 9.54. The molecule has 0 saturated heterocycles. The summed E-state index contributed by atoms with van der Waals surface area (Å²) < 4.78 is 0. The Kier molecular flexibility index (Phi) is 5.40. The highest BCUT2D eigenvalue weighted by Gasteiger charge is 1.94. The molecule has 0 aromatic heterocycles. The van der Waals surface area contributed by atoms with Crippen molar-refractivity contribution in [3.63, 3.8) is 0 Å². The molecule has 6 heteroatoms.